The van der Waals surface area contributed by atoms with Gasteiger partial charge in [-0.25, -0.2) is 0 Å². The zero-order valence-corrected chi connectivity index (χ0v) is 17.0. The average Bonchev–Trinajstić information content (AvgIpc) is 3.25. The molecule has 2 amide bonds. The van der Waals surface area contributed by atoms with E-state index in [2.05, 4.69) is 35.9 Å². The van der Waals surface area contributed by atoms with Crippen LogP contribution in [0.2, 0.25) is 0 Å². The lowest BCUT2D eigenvalue weighted by Gasteiger charge is -2.17. The van der Waals surface area contributed by atoms with Gasteiger partial charge < -0.3 is 14.8 Å². The van der Waals surface area contributed by atoms with E-state index in [1.807, 2.05) is 55.5 Å². The Hall–Kier alpha value is -3.34. The number of amides is 2. The lowest BCUT2D eigenvalue weighted by Crippen LogP contribution is -2.28. The van der Waals surface area contributed by atoms with Gasteiger partial charge in [0, 0.05) is 41.4 Å². The first-order valence-corrected chi connectivity index (χ1v) is 9.85. The van der Waals surface area contributed by atoms with Crippen LogP contribution in [0.25, 0.3) is 5.69 Å². The van der Waals surface area contributed by atoms with Gasteiger partial charge in [0.25, 0.3) is 0 Å². The molecule has 1 fully saturated rings. The molecule has 1 aromatic heterocycles. The van der Waals surface area contributed by atoms with Crippen molar-refractivity contribution >= 4 is 23.2 Å². The van der Waals surface area contributed by atoms with E-state index in [-0.39, 0.29) is 24.2 Å². The van der Waals surface area contributed by atoms with Crippen molar-refractivity contribution in [3.63, 3.8) is 0 Å². The zero-order valence-electron chi connectivity index (χ0n) is 17.0. The first-order chi connectivity index (χ1) is 13.9. The molecule has 0 radical (unpaired) electrons. The molecule has 0 saturated carbocycles. The molecule has 1 atom stereocenters. The van der Waals surface area contributed by atoms with Gasteiger partial charge in [-0.2, -0.15) is 0 Å². The minimum Gasteiger partial charge on any atom is -0.326 e. The number of anilines is 2. The molecule has 148 valence electrons. The molecule has 5 nitrogen and oxygen atoms in total. The molecule has 4 rings (SSSR count). The van der Waals surface area contributed by atoms with Crippen LogP contribution in [0.4, 0.5) is 11.4 Å². The van der Waals surface area contributed by atoms with Crippen molar-refractivity contribution in [2.75, 3.05) is 16.8 Å². The lowest BCUT2D eigenvalue weighted by molar-refractivity contribution is -0.122. The standard InChI is InChI=1S/C24H25N3O2/c1-16-5-4-6-22(13-16)26-15-19(14-23(26)28)24(29)25-20-9-11-21(12-10-20)27-17(2)7-8-18(27)3/h4-13,19H,14-15H2,1-3H3,(H,25,29)/t19-/m1/s1. The Morgan fingerprint density at radius 3 is 2.28 bits per heavy atom. The molecular formula is C24H25N3O2. The van der Waals surface area contributed by atoms with Crippen molar-refractivity contribution in [3.8, 4) is 5.69 Å². The maximum atomic E-state index is 12.7. The highest BCUT2D eigenvalue weighted by Crippen LogP contribution is 2.27. The summed E-state index contributed by atoms with van der Waals surface area (Å²) in [6.45, 7) is 6.54. The van der Waals surface area contributed by atoms with Crippen LogP contribution < -0.4 is 10.2 Å². The van der Waals surface area contributed by atoms with Crippen molar-refractivity contribution < 1.29 is 9.59 Å². The van der Waals surface area contributed by atoms with Crippen LogP contribution in [0.15, 0.2) is 60.7 Å². The summed E-state index contributed by atoms with van der Waals surface area (Å²) in [4.78, 5) is 26.9. The van der Waals surface area contributed by atoms with Gasteiger partial charge >= 0.3 is 0 Å². The fraction of sp³-hybridized carbons (Fsp3) is 0.250. The second-order valence-corrected chi connectivity index (χ2v) is 7.73. The third-order valence-electron chi connectivity index (χ3n) is 5.47. The highest BCUT2D eigenvalue weighted by molar-refractivity contribution is 6.03. The summed E-state index contributed by atoms with van der Waals surface area (Å²) in [5, 5.41) is 2.96. The van der Waals surface area contributed by atoms with Crippen LogP contribution in [0, 0.1) is 26.7 Å². The predicted molar refractivity (Wildman–Crippen MR) is 116 cm³/mol. The highest BCUT2D eigenvalue weighted by Gasteiger charge is 2.35. The summed E-state index contributed by atoms with van der Waals surface area (Å²) in [5.41, 5.74) is 6.08. The van der Waals surface area contributed by atoms with Crippen LogP contribution in [-0.2, 0) is 9.59 Å². The number of carbonyl (C=O) groups excluding carboxylic acids is 2. The molecular weight excluding hydrogens is 362 g/mol. The van der Waals surface area contributed by atoms with Crippen LogP contribution in [0.5, 0.6) is 0 Å². The van der Waals surface area contributed by atoms with Crippen LogP contribution in [-0.4, -0.2) is 22.9 Å². The Morgan fingerprint density at radius 1 is 0.931 bits per heavy atom. The molecule has 1 aliphatic heterocycles. The second kappa shape index (κ2) is 7.59. The molecule has 0 bridgehead atoms. The molecule has 0 spiro atoms. The smallest absolute Gasteiger partial charge is 0.229 e. The number of hydrogen-bond donors (Lipinski definition) is 1. The van der Waals surface area contributed by atoms with Gasteiger partial charge in [0.1, 0.15) is 0 Å². The number of aromatic nitrogens is 1. The van der Waals surface area contributed by atoms with E-state index in [0.717, 1.165) is 22.6 Å². The van der Waals surface area contributed by atoms with E-state index in [1.165, 1.54) is 11.4 Å². The van der Waals surface area contributed by atoms with E-state index in [1.54, 1.807) is 4.90 Å². The number of hydrogen-bond acceptors (Lipinski definition) is 2. The van der Waals surface area contributed by atoms with E-state index in [0.29, 0.717) is 6.54 Å². The summed E-state index contributed by atoms with van der Waals surface area (Å²) < 4.78 is 2.17. The molecule has 2 heterocycles. The van der Waals surface area contributed by atoms with Crippen LogP contribution in [0.3, 0.4) is 0 Å². The minimum absolute atomic E-state index is 0.00958. The SMILES string of the molecule is Cc1cccc(N2C[C@H](C(=O)Nc3ccc(-n4c(C)ccc4C)cc3)CC2=O)c1. The Kier molecular flexibility index (Phi) is 4.97. The van der Waals surface area contributed by atoms with E-state index >= 15 is 0 Å². The summed E-state index contributed by atoms with van der Waals surface area (Å²) in [6, 6.07) is 19.8. The quantitative estimate of drug-likeness (QED) is 0.722. The maximum absolute atomic E-state index is 12.7. The Balaban J connectivity index is 1.44. The number of nitrogens with zero attached hydrogens (tertiary/aromatic N) is 2. The molecule has 0 unspecified atom stereocenters. The molecule has 1 saturated heterocycles. The summed E-state index contributed by atoms with van der Waals surface area (Å²) in [6.07, 6.45) is 0.236. The topological polar surface area (TPSA) is 54.3 Å². The third-order valence-corrected chi connectivity index (χ3v) is 5.47. The van der Waals surface area contributed by atoms with E-state index in [4.69, 9.17) is 0 Å². The van der Waals surface area contributed by atoms with Gasteiger partial charge in [-0.3, -0.25) is 9.59 Å². The van der Waals surface area contributed by atoms with Gasteiger partial charge in [-0.1, -0.05) is 12.1 Å². The first-order valence-electron chi connectivity index (χ1n) is 9.85. The molecule has 29 heavy (non-hydrogen) atoms. The molecule has 2 aromatic carbocycles. The monoisotopic (exact) mass is 387 g/mol. The largest absolute Gasteiger partial charge is 0.326 e. The van der Waals surface area contributed by atoms with Crippen molar-refractivity contribution in [3.05, 3.63) is 77.6 Å². The number of benzene rings is 2. The Bertz CT molecular complexity index is 1050. The molecule has 3 aromatic rings. The molecule has 0 aliphatic carbocycles. The van der Waals surface area contributed by atoms with Crippen LogP contribution >= 0.6 is 0 Å². The van der Waals surface area contributed by atoms with Crippen molar-refractivity contribution in [1.29, 1.82) is 0 Å². The third kappa shape index (κ3) is 3.81. The van der Waals surface area contributed by atoms with Gasteiger partial charge in [0.15, 0.2) is 0 Å². The normalized spacial score (nSPS) is 16.3. The number of rotatable bonds is 4. The lowest BCUT2D eigenvalue weighted by atomic mass is 10.1. The van der Waals surface area contributed by atoms with E-state index < -0.39 is 0 Å². The molecule has 5 heteroatoms. The minimum atomic E-state index is -0.350. The van der Waals surface area contributed by atoms with Gasteiger partial charge in [0.05, 0.1) is 5.92 Å². The molecule has 1 aliphatic rings. The fourth-order valence-electron chi connectivity index (χ4n) is 3.94. The van der Waals surface area contributed by atoms with Gasteiger partial charge in [0.2, 0.25) is 11.8 Å². The first kappa shape index (κ1) is 19.0. The predicted octanol–water partition coefficient (Wildman–Crippen LogP) is 4.39. The fourth-order valence-corrected chi connectivity index (χ4v) is 3.94. The van der Waals surface area contributed by atoms with Crippen molar-refractivity contribution in [1.82, 2.24) is 4.57 Å². The summed E-state index contributed by atoms with van der Waals surface area (Å²) in [7, 11) is 0. The number of carbonyl (C=O) groups is 2. The molecule has 1 N–H and O–H groups in total. The Labute approximate surface area is 171 Å². The average molecular weight is 387 g/mol. The van der Waals surface area contributed by atoms with E-state index in [9.17, 15) is 9.59 Å². The zero-order chi connectivity index (χ0) is 20.5. The summed E-state index contributed by atoms with van der Waals surface area (Å²) in [5.74, 6) is -0.476. The van der Waals surface area contributed by atoms with Crippen LogP contribution in [0.1, 0.15) is 23.4 Å². The highest BCUT2D eigenvalue weighted by atomic mass is 16.2. The van der Waals surface area contributed by atoms with Crippen molar-refractivity contribution in [2.24, 2.45) is 5.92 Å². The van der Waals surface area contributed by atoms with Crippen molar-refractivity contribution in [2.45, 2.75) is 27.2 Å². The van der Waals surface area contributed by atoms with Gasteiger partial charge in [-0.05, 0) is 74.9 Å². The summed E-state index contributed by atoms with van der Waals surface area (Å²) >= 11 is 0. The van der Waals surface area contributed by atoms with Gasteiger partial charge in [-0.15, -0.1) is 0 Å². The maximum Gasteiger partial charge on any atom is 0.229 e. The number of aryl methyl sites for hydroxylation is 3. The Morgan fingerprint density at radius 2 is 1.62 bits per heavy atom. The number of nitrogens with one attached hydrogen (secondary N) is 1. The second-order valence-electron chi connectivity index (χ2n) is 7.73.